The number of nitrogens with zero attached hydrogens (tertiary/aromatic N) is 2. The maximum Gasteiger partial charge on any atom is 0.241 e. The number of carbonyl (C=O) groups excluding carboxylic acids is 1. The molecule has 0 unspecified atom stereocenters. The van der Waals surface area contributed by atoms with E-state index in [1.165, 1.54) is 6.08 Å². The number of hydrogen-bond acceptors (Lipinski definition) is 3. The Labute approximate surface area is 79.6 Å². The van der Waals surface area contributed by atoms with Gasteiger partial charge in [-0.25, -0.2) is 4.98 Å². The van der Waals surface area contributed by atoms with Gasteiger partial charge in [-0.3, -0.25) is 9.89 Å². The quantitative estimate of drug-likeness (QED) is 0.671. The number of nitrogens with one attached hydrogen (secondary N) is 1. The van der Waals surface area contributed by atoms with Crippen LogP contribution in [0.25, 0.3) is 17.1 Å². The Hall–Kier alpha value is -2.17. The van der Waals surface area contributed by atoms with Crippen LogP contribution in [-0.4, -0.2) is 21.1 Å². The number of rotatable bonds is 2. The van der Waals surface area contributed by atoms with E-state index >= 15 is 0 Å². The molecule has 0 saturated heterocycles. The van der Waals surface area contributed by atoms with Gasteiger partial charge >= 0.3 is 0 Å². The normalized spacial score (nSPS) is 11.1. The van der Waals surface area contributed by atoms with Gasteiger partial charge in [-0.05, 0) is 18.2 Å². The summed E-state index contributed by atoms with van der Waals surface area (Å²) in [6.45, 7) is 0. The summed E-state index contributed by atoms with van der Waals surface area (Å²) in [5.41, 5.74) is 6.33. The summed E-state index contributed by atoms with van der Waals surface area (Å²) in [5, 5.41) is 7.58. The number of pyridine rings is 1. The molecule has 1 amide bonds. The van der Waals surface area contributed by atoms with Gasteiger partial charge in [-0.2, -0.15) is 5.10 Å². The summed E-state index contributed by atoms with van der Waals surface area (Å²) in [6, 6.07) is 3.67. The number of H-pyrrole nitrogens is 1. The minimum Gasteiger partial charge on any atom is -0.366 e. The predicted octanol–water partition coefficient (Wildman–Crippen LogP) is 0.456. The molecule has 70 valence electrons. The maximum atomic E-state index is 10.5. The maximum absolute atomic E-state index is 10.5. The number of nitrogens with two attached hydrogens (primary N) is 1. The SMILES string of the molecule is NC(=O)/C=C/c1[nH]nc2ncccc12. The molecule has 0 spiro atoms. The number of aromatic amines is 1. The average molecular weight is 188 g/mol. The lowest BCUT2D eigenvalue weighted by atomic mass is 10.2. The third-order valence-corrected chi connectivity index (χ3v) is 1.77. The molecule has 0 atom stereocenters. The van der Waals surface area contributed by atoms with Crippen molar-refractivity contribution in [2.45, 2.75) is 0 Å². The molecule has 14 heavy (non-hydrogen) atoms. The van der Waals surface area contributed by atoms with Gasteiger partial charge in [0.05, 0.1) is 5.69 Å². The topological polar surface area (TPSA) is 84.7 Å². The van der Waals surface area contributed by atoms with Gasteiger partial charge in [0.15, 0.2) is 5.65 Å². The Bertz CT molecular complexity index is 500. The molecule has 0 aromatic carbocycles. The zero-order valence-electron chi connectivity index (χ0n) is 7.27. The van der Waals surface area contributed by atoms with E-state index in [-0.39, 0.29) is 0 Å². The van der Waals surface area contributed by atoms with Crippen molar-refractivity contribution in [3.05, 3.63) is 30.1 Å². The smallest absolute Gasteiger partial charge is 0.241 e. The van der Waals surface area contributed by atoms with Crippen LogP contribution in [-0.2, 0) is 4.79 Å². The van der Waals surface area contributed by atoms with Gasteiger partial charge in [0.2, 0.25) is 5.91 Å². The summed E-state index contributed by atoms with van der Waals surface area (Å²) < 4.78 is 0. The predicted molar refractivity (Wildman–Crippen MR) is 52.1 cm³/mol. The molecular formula is C9H8N4O. The Morgan fingerprint density at radius 3 is 3.21 bits per heavy atom. The van der Waals surface area contributed by atoms with Crippen molar-refractivity contribution in [2.75, 3.05) is 0 Å². The van der Waals surface area contributed by atoms with Crippen LogP contribution in [0.2, 0.25) is 0 Å². The van der Waals surface area contributed by atoms with Crippen molar-refractivity contribution in [3.63, 3.8) is 0 Å². The van der Waals surface area contributed by atoms with Crippen LogP contribution in [0.4, 0.5) is 0 Å². The van der Waals surface area contributed by atoms with E-state index in [1.54, 1.807) is 18.3 Å². The van der Waals surface area contributed by atoms with E-state index in [0.29, 0.717) is 5.65 Å². The Balaban J connectivity index is 2.48. The molecule has 0 fully saturated rings. The number of carbonyl (C=O) groups is 1. The second kappa shape index (κ2) is 3.29. The van der Waals surface area contributed by atoms with Crippen LogP contribution < -0.4 is 5.73 Å². The van der Waals surface area contributed by atoms with Crippen molar-refractivity contribution in [1.82, 2.24) is 15.2 Å². The number of hydrogen-bond donors (Lipinski definition) is 2. The van der Waals surface area contributed by atoms with E-state index in [1.807, 2.05) is 6.07 Å². The molecule has 2 rings (SSSR count). The molecule has 0 aliphatic rings. The second-order valence-electron chi connectivity index (χ2n) is 2.75. The van der Waals surface area contributed by atoms with Crippen LogP contribution in [0, 0.1) is 0 Å². The van der Waals surface area contributed by atoms with Crippen molar-refractivity contribution >= 4 is 23.0 Å². The summed E-state index contributed by atoms with van der Waals surface area (Å²) in [7, 11) is 0. The number of primary amides is 1. The zero-order chi connectivity index (χ0) is 9.97. The van der Waals surface area contributed by atoms with Gasteiger partial charge in [-0.1, -0.05) is 0 Å². The zero-order valence-corrected chi connectivity index (χ0v) is 7.27. The van der Waals surface area contributed by atoms with E-state index < -0.39 is 5.91 Å². The number of amides is 1. The summed E-state index contributed by atoms with van der Waals surface area (Å²) in [6.07, 6.45) is 4.52. The van der Waals surface area contributed by atoms with E-state index in [4.69, 9.17) is 5.73 Å². The minimum absolute atomic E-state index is 0.489. The third kappa shape index (κ3) is 1.47. The van der Waals surface area contributed by atoms with E-state index in [9.17, 15) is 4.79 Å². The summed E-state index contributed by atoms with van der Waals surface area (Å²) >= 11 is 0. The van der Waals surface area contributed by atoms with Gasteiger partial charge in [-0.15, -0.1) is 0 Å². The fraction of sp³-hybridized carbons (Fsp3) is 0. The molecule has 2 aromatic rings. The molecule has 2 aromatic heterocycles. The summed E-state index contributed by atoms with van der Waals surface area (Å²) in [4.78, 5) is 14.6. The van der Waals surface area contributed by atoms with Crippen LogP contribution in [0.15, 0.2) is 24.4 Å². The largest absolute Gasteiger partial charge is 0.366 e. The van der Waals surface area contributed by atoms with Crippen LogP contribution in [0.5, 0.6) is 0 Å². The fourth-order valence-electron chi connectivity index (χ4n) is 1.16. The van der Waals surface area contributed by atoms with Crippen molar-refractivity contribution in [2.24, 2.45) is 5.73 Å². The highest BCUT2D eigenvalue weighted by atomic mass is 16.1. The summed E-state index contributed by atoms with van der Waals surface area (Å²) in [5.74, 6) is -0.489. The van der Waals surface area contributed by atoms with Gasteiger partial charge in [0.1, 0.15) is 0 Å². The van der Waals surface area contributed by atoms with Gasteiger partial charge < -0.3 is 5.73 Å². The molecule has 2 heterocycles. The molecule has 5 heteroatoms. The van der Waals surface area contributed by atoms with Crippen molar-refractivity contribution in [1.29, 1.82) is 0 Å². The Morgan fingerprint density at radius 2 is 2.43 bits per heavy atom. The average Bonchev–Trinajstić information content (AvgIpc) is 2.58. The van der Waals surface area contributed by atoms with E-state index in [2.05, 4.69) is 15.2 Å². The number of fused-ring (bicyclic) bond motifs is 1. The highest BCUT2D eigenvalue weighted by Gasteiger charge is 2.01. The molecule has 0 aliphatic heterocycles. The lowest BCUT2D eigenvalue weighted by molar-refractivity contribution is -0.113. The minimum atomic E-state index is -0.489. The molecule has 5 nitrogen and oxygen atoms in total. The highest BCUT2D eigenvalue weighted by Crippen LogP contribution is 2.13. The first-order valence-corrected chi connectivity index (χ1v) is 4.04. The first-order valence-electron chi connectivity index (χ1n) is 4.04. The fourth-order valence-corrected chi connectivity index (χ4v) is 1.16. The van der Waals surface area contributed by atoms with Gasteiger partial charge in [0.25, 0.3) is 0 Å². The third-order valence-electron chi connectivity index (χ3n) is 1.77. The molecule has 0 bridgehead atoms. The Morgan fingerprint density at radius 1 is 1.57 bits per heavy atom. The van der Waals surface area contributed by atoms with E-state index in [0.717, 1.165) is 11.1 Å². The van der Waals surface area contributed by atoms with Crippen molar-refractivity contribution < 1.29 is 4.79 Å². The molecule has 0 saturated carbocycles. The lowest BCUT2D eigenvalue weighted by Crippen LogP contribution is -2.05. The standard InChI is InChI=1S/C9H8N4O/c10-8(14)4-3-7-6-2-1-5-11-9(6)13-12-7/h1-5H,(H2,10,14)(H,11,12,13)/b4-3+. The second-order valence-corrected chi connectivity index (χ2v) is 2.75. The number of aromatic nitrogens is 3. The Kier molecular flexibility index (Phi) is 1.98. The van der Waals surface area contributed by atoms with Gasteiger partial charge in [0, 0.05) is 17.7 Å². The van der Waals surface area contributed by atoms with Crippen LogP contribution in [0.1, 0.15) is 5.69 Å². The monoisotopic (exact) mass is 188 g/mol. The first-order chi connectivity index (χ1) is 6.77. The first kappa shape index (κ1) is 8.43. The van der Waals surface area contributed by atoms with Crippen LogP contribution >= 0.6 is 0 Å². The van der Waals surface area contributed by atoms with Crippen molar-refractivity contribution in [3.8, 4) is 0 Å². The molecule has 3 N–H and O–H groups in total. The lowest BCUT2D eigenvalue weighted by Gasteiger charge is -1.87. The molecule has 0 aliphatic carbocycles. The highest BCUT2D eigenvalue weighted by molar-refractivity contribution is 5.93. The molecule has 0 radical (unpaired) electrons. The molecular weight excluding hydrogens is 180 g/mol. The van der Waals surface area contributed by atoms with Crippen LogP contribution in [0.3, 0.4) is 0 Å².